The zero-order valence-electron chi connectivity index (χ0n) is 17.4. The Bertz CT molecular complexity index is 839. The molecule has 0 amide bonds. The Kier molecular flexibility index (Phi) is 6.10. The van der Waals surface area contributed by atoms with Crippen LogP contribution in [0.1, 0.15) is 36.2 Å². The zero-order valence-corrected chi connectivity index (χ0v) is 17.4. The average molecular weight is 403 g/mol. The van der Waals surface area contributed by atoms with Gasteiger partial charge in [0.15, 0.2) is 11.8 Å². The number of rotatable bonds is 5. The molecule has 2 aliphatic heterocycles. The molecule has 4 heterocycles. The Labute approximate surface area is 170 Å². The SMILES string of the molecule is Cc1nnc(CN=C(NCC2CCCO2)N2CCOC(c3cnn(C)c3)C2)n1C. The number of aliphatic imine (C=N–C) groups is 1. The Morgan fingerprint density at radius 1 is 1.28 bits per heavy atom. The van der Waals surface area contributed by atoms with Crippen LogP contribution in [-0.4, -0.2) is 74.4 Å². The van der Waals surface area contributed by atoms with Crippen molar-refractivity contribution in [3.8, 4) is 0 Å². The third-order valence-corrected chi connectivity index (χ3v) is 5.53. The molecule has 0 aromatic carbocycles. The van der Waals surface area contributed by atoms with E-state index in [1.807, 2.05) is 38.0 Å². The minimum Gasteiger partial charge on any atom is -0.376 e. The number of ether oxygens (including phenoxy) is 2. The lowest BCUT2D eigenvalue weighted by molar-refractivity contribution is -0.00834. The van der Waals surface area contributed by atoms with Gasteiger partial charge in [0.2, 0.25) is 0 Å². The van der Waals surface area contributed by atoms with Crippen LogP contribution in [0.5, 0.6) is 0 Å². The largest absolute Gasteiger partial charge is 0.376 e. The summed E-state index contributed by atoms with van der Waals surface area (Å²) >= 11 is 0. The van der Waals surface area contributed by atoms with E-state index in [2.05, 4.69) is 25.5 Å². The fourth-order valence-electron chi connectivity index (χ4n) is 3.66. The van der Waals surface area contributed by atoms with Crippen LogP contribution < -0.4 is 5.32 Å². The topological polar surface area (TPSA) is 94.6 Å². The van der Waals surface area contributed by atoms with Gasteiger partial charge in [-0.15, -0.1) is 10.2 Å². The monoisotopic (exact) mass is 402 g/mol. The highest BCUT2D eigenvalue weighted by atomic mass is 16.5. The molecular weight excluding hydrogens is 372 g/mol. The molecule has 2 atom stereocenters. The first-order valence-electron chi connectivity index (χ1n) is 10.2. The summed E-state index contributed by atoms with van der Waals surface area (Å²) in [7, 11) is 3.88. The van der Waals surface area contributed by atoms with E-state index in [4.69, 9.17) is 14.5 Å². The molecule has 0 aliphatic carbocycles. The predicted octanol–water partition coefficient (Wildman–Crippen LogP) is 0.555. The highest BCUT2D eigenvalue weighted by molar-refractivity contribution is 5.80. The van der Waals surface area contributed by atoms with Gasteiger partial charge in [0.25, 0.3) is 0 Å². The maximum Gasteiger partial charge on any atom is 0.194 e. The lowest BCUT2D eigenvalue weighted by atomic mass is 10.1. The maximum atomic E-state index is 5.99. The normalized spacial score (nSPS) is 23.0. The number of hydrogen-bond donors (Lipinski definition) is 1. The van der Waals surface area contributed by atoms with Crippen molar-refractivity contribution in [2.75, 3.05) is 32.8 Å². The van der Waals surface area contributed by atoms with E-state index in [0.717, 1.165) is 62.3 Å². The molecule has 2 unspecified atom stereocenters. The number of aryl methyl sites for hydroxylation is 2. The number of hydrogen-bond acceptors (Lipinski definition) is 6. The number of nitrogens with zero attached hydrogens (tertiary/aromatic N) is 7. The molecule has 2 aliphatic rings. The van der Waals surface area contributed by atoms with Crippen molar-refractivity contribution >= 4 is 5.96 Å². The van der Waals surface area contributed by atoms with E-state index in [-0.39, 0.29) is 12.2 Å². The number of aromatic nitrogens is 5. The van der Waals surface area contributed by atoms with Gasteiger partial charge in [0, 0.05) is 45.6 Å². The van der Waals surface area contributed by atoms with Crippen molar-refractivity contribution in [2.24, 2.45) is 19.1 Å². The van der Waals surface area contributed by atoms with E-state index >= 15 is 0 Å². The molecule has 2 aromatic heterocycles. The van der Waals surface area contributed by atoms with Gasteiger partial charge in [-0.3, -0.25) is 4.68 Å². The summed E-state index contributed by atoms with van der Waals surface area (Å²) in [4.78, 5) is 7.11. The first-order chi connectivity index (χ1) is 14.1. The van der Waals surface area contributed by atoms with Gasteiger partial charge in [-0.05, 0) is 19.8 Å². The van der Waals surface area contributed by atoms with Gasteiger partial charge >= 0.3 is 0 Å². The standard InChI is InChI=1S/C19H30N8O2/c1-14-23-24-18(26(14)3)11-21-19(20-10-16-5-4-7-28-16)27-6-8-29-17(13-27)15-9-22-25(2)12-15/h9,12,16-17H,4-8,10-11,13H2,1-3H3,(H,20,21). The summed E-state index contributed by atoms with van der Waals surface area (Å²) in [5, 5.41) is 16.2. The average Bonchev–Trinajstić information content (AvgIpc) is 3.47. The second-order valence-electron chi connectivity index (χ2n) is 7.63. The number of guanidine groups is 1. The molecule has 10 nitrogen and oxygen atoms in total. The molecule has 1 N–H and O–H groups in total. The van der Waals surface area contributed by atoms with Crippen LogP contribution in [0, 0.1) is 6.92 Å². The third kappa shape index (κ3) is 4.76. The zero-order chi connectivity index (χ0) is 20.2. The van der Waals surface area contributed by atoms with Gasteiger partial charge in [0.05, 0.1) is 25.5 Å². The highest BCUT2D eigenvalue weighted by Crippen LogP contribution is 2.22. The molecule has 4 rings (SSSR count). The van der Waals surface area contributed by atoms with Crippen molar-refractivity contribution < 1.29 is 9.47 Å². The highest BCUT2D eigenvalue weighted by Gasteiger charge is 2.26. The van der Waals surface area contributed by atoms with Crippen molar-refractivity contribution in [3.63, 3.8) is 0 Å². The Morgan fingerprint density at radius 2 is 2.17 bits per heavy atom. The third-order valence-electron chi connectivity index (χ3n) is 5.53. The summed E-state index contributed by atoms with van der Waals surface area (Å²) < 4.78 is 15.5. The molecule has 29 heavy (non-hydrogen) atoms. The molecule has 158 valence electrons. The molecule has 0 saturated carbocycles. The van der Waals surface area contributed by atoms with Crippen LogP contribution in [0.2, 0.25) is 0 Å². The fourth-order valence-corrected chi connectivity index (χ4v) is 3.66. The van der Waals surface area contributed by atoms with Crippen LogP contribution in [0.4, 0.5) is 0 Å². The van der Waals surface area contributed by atoms with E-state index < -0.39 is 0 Å². The Hall–Kier alpha value is -2.46. The molecule has 10 heteroatoms. The van der Waals surface area contributed by atoms with E-state index in [9.17, 15) is 0 Å². The van der Waals surface area contributed by atoms with Gasteiger partial charge in [-0.2, -0.15) is 5.10 Å². The Balaban J connectivity index is 1.48. The Morgan fingerprint density at radius 3 is 2.86 bits per heavy atom. The summed E-state index contributed by atoms with van der Waals surface area (Å²) in [5.74, 6) is 2.58. The predicted molar refractivity (Wildman–Crippen MR) is 107 cm³/mol. The van der Waals surface area contributed by atoms with Gasteiger partial charge in [-0.25, -0.2) is 4.99 Å². The van der Waals surface area contributed by atoms with Crippen LogP contribution >= 0.6 is 0 Å². The van der Waals surface area contributed by atoms with Gasteiger partial charge in [-0.1, -0.05) is 0 Å². The molecule has 2 saturated heterocycles. The molecule has 0 bridgehead atoms. The van der Waals surface area contributed by atoms with E-state index in [1.165, 1.54) is 0 Å². The number of morpholine rings is 1. The summed E-state index contributed by atoms with van der Waals surface area (Å²) in [6.45, 7) is 6.16. The van der Waals surface area contributed by atoms with E-state index in [0.29, 0.717) is 13.2 Å². The fraction of sp³-hybridized carbons (Fsp3) is 0.684. The van der Waals surface area contributed by atoms with Crippen molar-refractivity contribution in [1.82, 2.24) is 34.8 Å². The molecular formula is C19H30N8O2. The lowest BCUT2D eigenvalue weighted by Crippen LogP contribution is -2.49. The molecule has 0 radical (unpaired) electrons. The van der Waals surface area contributed by atoms with Crippen molar-refractivity contribution in [2.45, 2.75) is 38.5 Å². The van der Waals surface area contributed by atoms with Gasteiger partial charge in [0.1, 0.15) is 18.5 Å². The van der Waals surface area contributed by atoms with E-state index in [1.54, 1.807) is 4.68 Å². The second-order valence-corrected chi connectivity index (χ2v) is 7.63. The first kappa shape index (κ1) is 19.8. The maximum absolute atomic E-state index is 5.99. The number of nitrogens with one attached hydrogen (secondary N) is 1. The minimum absolute atomic E-state index is 0.0238. The van der Waals surface area contributed by atoms with Crippen molar-refractivity contribution in [3.05, 3.63) is 29.6 Å². The van der Waals surface area contributed by atoms with Crippen LogP contribution in [0.15, 0.2) is 17.4 Å². The van der Waals surface area contributed by atoms with Crippen LogP contribution in [0.3, 0.4) is 0 Å². The molecule has 0 spiro atoms. The van der Waals surface area contributed by atoms with Gasteiger partial charge < -0.3 is 24.3 Å². The second kappa shape index (κ2) is 8.91. The van der Waals surface area contributed by atoms with Crippen molar-refractivity contribution in [1.29, 1.82) is 0 Å². The lowest BCUT2D eigenvalue weighted by Gasteiger charge is -2.35. The summed E-state index contributed by atoms with van der Waals surface area (Å²) in [5.41, 5.74) is 1.08. The van der Waals surface area contributed by atoms with Crippen LogP contribution in [-0.2, 0) is 30.1 Å². The van der Waals surface area contributed by atoms with Crippen LogP contribution in [0.25, 0.3) is 0 Å². The quantitative estimate of drug-likeness (QED) is 0.577. The smallest absolute Gasteiger partial charge is 0.194 e. The molecule has 2 aromatic rings. The summed E-state index contributed by atoms with van der Waals surface area (Å²) in [6.07, 6.45) is 6.30. The minimum atomic E-state index is -0.0238. The molecule has 2 fully saturated rings. The first-order valence-corrected chi connectivity index (χ1v) is 10.2. The summed E-state index contributed by atoms with van der Waals surface area (Å²) in [6, 6.07) is 0.